The minimum absolute atomic E-state index is 0.310. The summed E-state index contributed by atoms with van der Waals surface area (Å²) in [4.78, 5) is 13.5. The zero-order valence-electron chi connectivity index (χ0n) is 13.1. The summed E-state index contributed by atoms with van der Waals surface area (Å²) < 4.78 is 0. The van der Waals surface area contributed by atoms with E-state index >= 15 is 0 Å². The molecule has 1 rings (SSSR count). The molecule has 1 N–H and O–H groups in total. The lowest BCUT2D eigenvalue weighted by atomic mass is 10.0. The molecule has 0 aliphatic rings. The van der Waals surface area contributed by atoms with Gasteiger partial charge < -0.3 is 10.0 Å². The van der Waals surface area contributed by atoms with Crippen molar-refractivity contribution in [3.8, 4) is 0 Å². The van der Waals surface area contributed by atoms with Crippen LogP contribution in [-0.2, 0) is 12.8 Å². The number of aromatic nitrogens is 2. The van der Waals surface area contributed by atoms with E-state index in [1.807, 2.05) is 25.8 Å². The molecule has 0 fully saturated rings. The number of aryl methyl sites for hydroxylation is 1. The molecule has 5 nitrogen and oxygen atoms in total. The van der Waals surface area contributed by atoms with E-state index in [0.717, 1.165) is 24.2 Å². The third-order valence-electron chi connectivity index (χ3n) is 3.69. The molecule has 0 saturated heterocycles. The molecule has 0 aromatic carbocycles. The predicted octanol–water partition coefficient (Wildman–Crippen LogP) is 2.78. The van der Waals surface area contributed by atoms with Crippen LogP contribution in [0, 0.1) is 5.92 Å². The molecule has 0 spiro atoms. The maximum absolute atomic E-state index is 11.6. The Balaban J connectivity index is 3.29. The van der Waals surface area contributed by atoms with Crippen molar-refractivity contribution in [2.45, 2.75) is 47.0 Å². The molecule has 0 aliphatic heterocycles. The smallest absolute Gasteiger partial charge is 0.339 e. The molecule has 1 heterocycles. The number of hydrogen-bond acceptors (Lipinski definition) is 4. The summed E-state index contributed by atoms with van der Waals surface area (Å²) in [5.74, 6) is 0.0451. The van der Waals surface area contributed by atoms with Crippen molar-refractivity contribution in [3.63, 3.8) is 0 Å². The van der Waals surface area contributed by atoms with E-state index in [2.05, 4.69) is 24.0 Å². The zero-order chi connectivity index (χ0) is 15.3. The van der Waals surface area contributed by atoms with Gasteiger partial charge in [0, 0.05) is 13.6 Å². The Hall–Kier alpha value is -1.65. The second-order valence-corrected chi connectivity index (χ2v) is 5.23. The number of anilines is 1. The number of carboxylic acids is 1. The number of rotatable bonds is 7. The van der Waals surface area contributed by atoms with Crippen molar-refractivity contribution in [2.75, 3.05) is 18.5 Å². The van der Waals surface area contributed by atoms with Gasteiger partial charge in [-0.15, -0.1) is 5.10 Å². The molecule has 1 unspecified atom stereocenters. The van der Waals surface area contributed by atoms with Crippen LogP contribution in [0.5, 0.6) is 0 Å². The van der Waals surface area contributed by atoms with Crippen molar-refractivity contribution < 1.29 is 9.90 Å². The lowest BCUT2D eigenvalue weighted by Crippen LogP contribution is -2.28. The quantitative estimate of drug-likeness (QED) is 0.831. The Bertz CT molecular complexity index is 474. The van der Waals surface area contributed by atoms with Crippen molar-refractivity contribution in [2.24, 2.45) is 5.92 Å². The third-order valence-corrected chi connectivity index (χ3v) is 3.69. The third kappa shape index (κ3) is 3.46. The predicted molar refractivity (Wildman–Crippen MR) is 80.5 cm³/mol. The molecule has 0 bridgehead atoms. The summed E-state index contributed by atoms with van der Waals surface area (Å²) >= 11 is 0. The first-order valence-corrected chi connectivity index (χ1v) is 7.28. The second-order valence-electron chi connectivity index (χ2n) is 5.23. The van der Waals surface area contributed by atoms with Crippen LogP contribution < -0.4 is 4.90 Å². The largest absolute Gasteiger partial charge is 0.478 e. The molecule has 1 atom stereocenters. The van der Waals surface area contributed by atoms with Gasteiger partial charge in [0.15, 0.2) is 5.82 Å². The highest BCUT2D eigenvalue weighted by atomic mass is 16.4. The van der Waals surface area contributed by atoms with E-state index in [9.17, 15) is 9.90 Å². The van der Waals surface area contributed by atoms with E-state index in [-0.39, 0.29) is 0 Å². The molecule has 20 heavy (non-hydrogen) atoms. The van der Waals surface area contributed by atoms with Crippen molar-refractivity contribution in [1.82, 2.24) is 10.2 Å². The minimum Gasteiger partial charge on any atom is -0.478 e. The number of nitrogens with zero attached hydrogens (tertiary/aromatic N) is 3. The molecule has 1 aromatic heterocycles. The van der Waals surface area contributed by atoms with Gasteiger partial charge in [-0.25, -0.2) is 4.79 Å². The fourth-order valence-corrected chi connectivity index (χ4v) is 2.34. The van der Waals surface area contributed by atoms with E-state index in [1.165, 1.54) is 0 Å². The van der Waals surface area contributed by atoms with Gasteiger partial charge in [-0.05, 0) is 24.3 Å². The lowest BCUT2D eigenvalue weighted by Gasteiger charge is -2.24. The molecule has 0 aliphatic carbocycles. The van der Waals surface area contributed by atoms with Crippen LogP contribution in [0.4, 0.5) is 5.82 Å². The van der Waals surface area contributed by atoms with Gasteiger partial charge in [0.2, 0.25) is 0 Å². The van der Waals surface area contributed by atoms with Crippen molar-refractivity contribution in [3.05, 3.63) is 16.8 Å². The van der Waals surface area contributed by atoms with Gasteiger partial charge in [0.05, 0.1) is 5.69 Å². The van der Waals surface area contributed by atoms with Crippen LogP contribution in [0.1, 0.15) is 55.7 Å². The molecule has 0 amide bonds. The molecular weight excluding hydrogens is 254 g/mol. The average molecular weight is 279 g/mol. The number of aromatic carboxylic acids is 1. The van der Waals surface area contributed by atoms with Crippen LogP contribution in [-0.4, -0.2) is 34.9 Å². The Kier molecular flexibility index (Phi) is 5.92. The Labute approximate surface area is 121 Å². The first-order chi connectivity index (χ1) is 9.46. The normalized spacial score (nSPS) is 12.2. The van der Waals surface area contributed by atoms with E-state index in [4.69, 9.17) is 0 Å². The Morgan fingerprint density at radius 1 is 1.25 bits per heavy atom. The second kappa shape index (κ2) is 7.22. The van der Waals surface area contributed by atoms with Crippen LogP contribution >= 0.6 is 0 Å². The highest BCUT2D eigenvalue weighted by Crippen LogP contribution is 2.24. The van der Waals surface area contributed by atoms with Crippen LogP contribution in [0.25, 0.3) is 0 Å². The summed E-state index contributed by atoms with van der Waals surface area (Å²) in [5.41, 5.74) is 1.90. The number of carbonyl (C=O) groups is 1. The van der Waals surface area contributed by atoms with Gasteiger partial charge in [-0.3, -0.25) is 0 Å². The van der Waals surface area contributed by atoms with Gasteiger partial charge >= 0.3 is 5.97 Å². The summed E-state index contributed by atoms with van der Waals surface area (Å²) in [5, 5.41) is 17.9. The topological polar surface area (TPSA) is 66.3 Å². The molecule has 1 aromatic rings. The number of carboxylic acid groups (broad SMARTS) is 1. The first-order valence-electron chi connectivity index (χ1n) is 7.28. The lowest BCUT2D eigenvalue weighted by molar-refractivity contribution is 0.0695. The van der Waals surface area contributed by atoms with Gasteiger partial charge in [0.1, 0.15) is 5.56 Å². The molecule has 0 saturated carbocycles. The number of hydrogen-bond donors (Lipinski definition) is 1. The van der Waals surface area contributed by atoms with Gasteiger partial charge in [-0.1, -0.05) is 34.1 Å². The molecule has 112 valence electrons. The van der Waals surface area contributed by atoms with Gasteiger partial charge in [-0.2, -0.15) is 5.10 Å². The first kappa shape index (κ1) is 16.4. The van der Waals surface area contributed by atoms with Crippen LogP contribution in [0.3, 0.4) is 0 Å². The average Bonchev–Trinajstić information content (AvgIpc) is 2.44. The fourth-order valence-electron chi connectivity index (χ4n) is 2.34. The standard InChI is InChI=1S/C15H25N3O2/c1-6-10(4)9-18(5)14-13(15(19)20)11(7-2)12(8-3)16-17-14/h10H,6-9H2,1-5H3,(H,19,20). The highest BCUT2D eigenvalue weighted by molar-refractivity contribution is 5.95. The monoisotopic (exact) mass is 279 g/mol. The Morgan fingerprint density at radius 2 is 1.90 bits per heavy atom. The maximum Gasteiger partial charge on any atom is 0.339 e. The summed E-state index contributed by atoms with van der Waals surface area (Å²) in [6.45, 7) is 8.98. The summed E-state index contributed by atoms with van der Waals surface area (Å²) in [6.07, 6.45) is 2.41. The molecule has 5 heteroatoms. The molecule has 0 radical (unpaired) electrons. The van der Waals surface area contributed by atoms with E-state index in [1.54, 1.807) is 0 Å². The van der Waals surface area contributed by atoms with Crippen LogP contribution in [0.15, 0.2) is 0 Å². The summed E-state index contributed by atoms with van der Waals surface area (Å²) in [7, 11) is 1.88. The van der Waals surface area contributed by atoms with Crippen molar-refractivity contribution >= 4 is 11.8 Å². The summed E-state index contributed by atoms with van der Waals surface area (Å²) in [6, 6.07) is 0. The maximum atomic E-state index is 11.6. The fraction of sp³-hybridized carbons (Fsp3) is 0.667. The minimum atomic E-state index is -0.919. The molecular formula is C15H25N3O2. The highest BCUT2D eigenvalue weighted by Gasteiger charge is 2.23. The zero-order valence-corrected chi connectivity index (χ0v) is 13.1. The van der Waals surface area contributed by atoms with E-state index < -0.39 is 5.97 Å². The van der Waals surface area contributed by atoms with Crippen molar-refractivity contribution in [1.29, 1.82) is 0 Å². The van der Waals surface area contributed by atoms with Gasteiger partial charge in [0.25, 0.3) is 0 Å². The SMILES string of the molecule is CCc1nnc(N(C)CC(C)CC)c(C(=O)O)c1CC. The van der Waals surface area contributed by atoms with E-state index in [0.29, 0.717) is 30.1 Å². The van der Waals surface area contributed by atoms with Crippen LogP contribution in [0.2, 0.25) is 0 Å². The Morgan fingerprint density at radius 3 is 2.35 bits per heavy atom.